The Labute approximate surface area is 131 Å². The van der Waals surface area contributed by atoms with Gasteiger partial charge in [0.2, 0.25) is 0 Å². The third-order valence-corrected chi connectivity index (χ3v) is 3.42. The molecule has 108 valence electrons. The van der Waals surface area contributed by atoms with E-state index in [-0.39, 0.29) is 16.5 Å². The summed E-state index contributed by atoms with van der Waals surface area (Å²) in [7, 11) is 0. The van der Waals surface area contributed by atoms with Crippen LogP contribution in [0.1, 0.15) is 21.5 Å². The largest absolute Gasteiger partial charge is 0.389 e. The van der Waals surface area contributed by atoms with Gasteiger partial charge < -0.3 is 11.1 Å². The van der Waals surface area contributed by atoms with Gasteiger partial charge in [-0.25, -0.2) is 4.39 Å². The number of hydrogen-bond donors (Lipinski definition) is 2. The summed E-state index contributed by atoms with van der Waals surface area (Å²) in [5.41, 5.74) is 7.37. The second-order valence-corrected chi connectivity index (χ2v) is 5.22. The van der Waals surface area contributed by atoms with Gasteiger partial charge in [0.25, 0.3) is 5.91 Å². The highest BCUT2D eigenvalue weighted by Crippen LogP contribution is 2.15. The Bertz CT molecular complexity index is 689. The lowest BCUT2D eigenvalue weighted by Gasteiger charge is -2.07. The average Bonchev–Trinajstić information content (AvgIpc) is 2.48. The molecule has 0 unspecified atom stereocenters. The Kier molecular flexibility index (Phi) is 4.88. The summed E-state index contributed by atoms with van der Waals surface area (Å²) in [4.78, 5) is 12.2. The van der Waals surface area contributed by atoms with Gasteiger partial charge in [0.05, 0.1) is 5.02 Å². The SMILES string of the molecule is NC(=S)c1ccc(CNC(=O)c2ccc(Cl)c(F)c2)cc1. The van der Waals surface area contributed by atoms with Crippen molar-refractivity contribution in [3.63, 3.8) is 0 Å². The zero-order chi connectivity index (χ0) is 15.4. The molecule has 0 aliphatic rings. The number of nitrogens with one attached hydrogen (secondary N) is 1. The van der Waals surface area contributed by atoms with E-state index in [4.69, 9.17) is 29.6 Å². The van der Waals surface area contributed by atoms with E-state index in [1.54, 1.807) is 12.1 Å². The summed E-state index contributed by atoms with van der Waals surface area (Å²) >= 11 is 10.4. The summed E-state index contributed by atoms with van der Waals surface area (Å²) in [6, 6.07) is 11.1. The van der Waals surface area contributed by atoms with E-state index in [9.17, 15) is 9.18 Å². The molecule has 0 radical (unpaired) electrons. The van der Waals surface area contributed by atoms with E-state index in [2.05, 4.69) is 5.32 Å². The lowest BCUT2D eigenvalue weighted by molar-refractivity contribution is 0.0950. The first kappa shape index (κ1) is 15.4. The number of hydrogen-bond acceptors (Lipinski definition) is 2. The minimum Gasteiger partial charge on any atom is -0.389 e. The molecule has 0 fully saturated rings. The first-order chi connectivity index (χ1) is 9.97. The van der Waals surface area contributed by atoms with Gasteiger partial charge in [0.15, 0.2) is 0 Å². The van der Waals surface area contributed by atoms with E-state index < -0.39 is 5.82 Å². The molecule has 0 saturated carbocycles. The van der Waals surface area contributed by atoms with Crippen LogP contribution in [0.15, 0.2) is 42.5 Å². The fourth-order valence-corrected chi connectivity index (χ4v) is 1.96. The molecule has 0 heterocycles. The number of halogens is 2. The number of amides is 1. The molecule has 2 rings (SSSR count). The first-order valence-corrected chi connectivity index (χ1v) is 6.88. The van der Waals surface area contributed by atoms with Crippen molar-refractivity contribution in [3.8, 4) is 0 Å². The smallest absolute Gasteiger partial charge is 0.251 e. The van der Waals surface area contributed by atoms with Crippen LogP contribution in [0.4, 0.5) is 4.39 Å². The number of carbonyl (C=O) groups is 1. The van der Waals surface area contributed by atoms with Crippen LogP contribution in [0, 0.1) is 5.82 Å². The third-order valence-electron chi connectivity index (χ3n) is 2.87. The van der Waals surface area contributed by atoms with Crippen molar-refractivity contribution < 1.29 is 9.18 Å². The first-order valence-electron chi connectivity index (χ1n) is 6.09. The summed E-state index contributed by atoms with van der Waals surface area (Å²) < 4.78 is 13.3. The summed E-state index contributed by atoms with van der Waals surface area (Å²) in [5, 5.41) is 2.68. The quantitative estimate of drug-likeness (QED) is 0.851. The van der Waals surface area contributed by atoms with Crippen molar-refractivity contribution in [2.75, 3.05) is 0 Å². The third kappa shape index (κ3) is 4.00. The molecule has 0 bridgehead atoms. The lowest BCUT2D eigenvalue weighted by Crippen LogP contribution is -2.23. The van der Waals surface area contributed by atoms with E-state index in [1.807, 2.05) is 12.1 Å². The normalized spacial score (nSPS) is 10.2. The van der Waals surface area contributed by atoms with Crippen LogP contribution in [-0.2, 0) is 6.54 Å². The molecule has 0 aliphatic carbocycles. The number of benzene rings is 2. The van der Waals surface area contributed by atoms with Gasteiger partial charge >= 0.3 is 0 Å². The topological polar surface area (TPSA) is 55.1 Å². The van der Waals surface area contributed by atoms with Gasteiger partial charge in [-0.3, -0.25) is 4.79 Å². The van der Waals surface area contributed by atoms with E-state index in [1.165, 1.54) is 12.1 Å². The summed E-state index contributed by atoms with van der Waals surface area (Å²) in [6.45, 7) is 0.320. The minimum absolute atomic E-state index is 0.0140. The van der Waals surface area contributed by atoms with E-state index in [0.29, 0.717) is 11.5 Å². The van der Waals surface area contributed by atoms with Crippen molar-refractivity contribution in [3.05, 3.63) is 70.0 Å². The minimum atomic E-state index is -0.620. The standard InChI is InChI=1S/C15H12ClFN2OS/c16-12-6-5-11(7-13(12)17)15(20)19-8-9-1-3-10(4-2-9)14(18)21/h1-7H,8H2,(H2,18,21)(H,19,20). The number of nitrogens with two attached hydrogens (primary N) is 1. The van der Waals surface area contributed by atoms with Crippen LogP contribution in [0.3, 0.4) is 0 Å². The average molecular weight is 323 g/mol. The predicted octanol–water partition coefficient (Wildman–Crippen LogP) is 3.04. The molecular weight excluding hydrogens is 311 g/mol. The van der Waals surface area contributed by atoms with Crippen molar-refractivity contribution in [1.29, 1.82) is 0 Å². The Morgan fingerprint density at radius 2 is 1.81 bits per heavy atom. The fourth-order valence-electron chi connectivity index (χ4n) is 1.71. The molecule has 0 saturated heterocycles. The van der Waals surface area contributed by atoms with Crippen LogP contribution in [-0.4, -0.2) is 10.9 Å². The van der Waals surface area contributed by atoms with Crippen molar-refractivity contribution in [2.45, 2.75) is 6.54 Å². The Morgan fingerprint density at radius 1 is 1.19 bits per heavy atom. The van der Waals surface area contributed by atoms with Crippen LogP contribution in [0.5, 0.6) is 0 Å². The molecule has 2 aromatic carbocycles. The molecule has 21 heavy (non-hydrogen) atoms. The van der Waals surface area contributed by atoms with Crippen LogP contribution >= 0.6 is 23.8 Å². The second-order valence-electron chi connectivity index (χ2n) is 4.37. The lowest BCUT2D eigenvalue weighted by atomic mass is 10.1. The molecule has 2 aromatic rings. The van der Waals surface area contributed by atoms with Crippen LogP contribution in [0.2, 0.25) is 5.02 Å². The molecule has 0 atom stereocenters. The molecule has 6 heteroatoms. The van der Waals surface area contributed by atoms with Gasteiger partial charge in [0, 0.05) is 17.7 Å². The fraction of sp³-hybridized carbons (Fsp3) is 0.0667. The van der Waals surface area contributed by atoms with E-state index >= 15 is 0 Å². The molecule has 3 N–H and O–H groups in total. The van der Waals surface area contributed by atoms with E-state index in [0.717, 1.165) is 17.2 Å². The molecule has 0 aliphatic heterocycles. The highest BCUT2D eigenvalue weighted by molar-refractivity contribution is 7.80. The van der Waals surface area contributed by atoms with Gasteiger partial charge in [-0.05, 0) is 23.8 Å². The van der Waals surface area contributed by atoms with Crippen molar-refractivity contribution >= 4 is 34.7 Å². The molecule has 3 nitrogen and oxygen atoms in total. The number of carbonyl (C=O) groups excluding carboxylic acids is 1. The Morgan fingerprint density at radius 3 is 2.38 bits per heavy atom. The molecule has 0 aromatic heterocycles. The molecule has 1 amide bonds. The Balaban J connectivity index is 2.00. The van der Waals surface area contributed by atoms with Gasteiger partial charge in [0.1, 0.15) is 10.8 Å². The van der Waals surface area contributed by atoms with Crippen LogP contribution < -0.4 is 11.1 Å². The zero-order valence-electron chi connectivity index (χ0n) is 10.9. The van der Waals surface area contributed by atoms with Crippen molar-refractivity contribution in [1.82, 2.24) is 5.32 Å². The highest BCUT2D eigenvalue weighted by atomic mass is 35.5. The van der Waals surface area contributed by atoms with Gasteiger partial charge in [-0.2, -0.15) is 0 Å². The maximum Gasteiger partial charge on any atom is 0.251 e. The van der Waals surface area contributed by atoms with Gasteiger partial charge in [-0.1, -0.05) is 48.1 Å². The molecular formula is C15H12ClFN2OS. The highest BCUT2D eigenvalue weighted by Gasteiger charge is 2.08. The van der Waals surface area contributed by atoms with Gasteiger partial charge in [-0.15, -0.1) is 0 Å². The van der Waals surface area contributed by atoms with Crippen LogP contribution in [0.25, 0.3) is 0 Å². The number of rotatable bonds is 4. The zero-order valence-corrected chi connectivity index (χ0v) is 12.5. The number of thiocarbonyl (C=S) groups is 1. The summed E-state index contributed by atoms with van der Waals surface area (Å²) in [6.07, 6.45) is 0. The summed E-state index contributed by atoms with van der Waals surface area (Å²) in [5.74, 6) is -0.992. The molecule has 0 spiro atoms. The maximum atomic E-state index is 13.3. The predicted molar refractivity (Wildman–Crippen MR) is 84.9 cm³/mol. The Hall–Kier alpha value is -1.98. The van der Waals surface area contributed by atoms with Crippen molar-refractivity contribution in [2.24, 2.45) is 5.73 Å². The second kappa shape index (κ2) is 6.65. The monoisotopic (exact) mass is 322 g/mol. The maximum absolute atomic E-state index is 13.3.